The smallest absolute Gasteiger partial charge is 0.404 e. The van der Waals surface area contributed by atoms with Crippen LogP contribution in [0.25, 0.3) is 17.2 Å². The lowest BCUT2D eigenvalue weighted by Gasteiger charge is -2.38. The van der Waals surface area contributed by atoms with Crippen molar-refractivity contribution in [3.05, 3.63) is 54.1 Å². The van der Waals surface area contributed by atoms with Gasteiger partial charge < -0.3 is 21.4 Å². The Hall–Kier alpha value is -3.47. The number of nitrogens with two attached hydrogens (primary N) is 1. The highest BCUT2D eigenvalue weighted by Crippen LogP contribution is 2.30. The van der Waals surface area contributed by atoms with Crippen molar-refractivity contribution in [2.45, 2.75) is 25.2 Å². The molecule has 0 saturated carbocycles. The number of piperazine rings is 1. The van der Waals surface area contributed by atoms with Crippen molar-refractivity contribution < 1.29 is 13.2 Å². The molecule has 4 heterocycles. The Balaban J connectivity index is 1.70. The predicted octanol–water partition coefficient (Wildman–Crippen LogP) is 2.47. The molecule has 2 unspecified atom stereocenters. The highest BCUT2D eigenvalue weighted by Gasteiger charge is 2.31. The second-order valence-corrected chi connectivity index (χ2v) is 7.36. The third-order valence-corrected chi connectivity index (χ3v) is 5.17. The van der Waals surface area contributed by atoms with Gasteiger partial charge in [-0.2, -0.15) is 13.2 Å². The van der Waals surface area contributed by atoms with Gasteiger partial charge in [-0.3, -0.25) is 4.40 Å². The second kappa shape index (κ2) is 7.99. The van der Waals surface area contributed by atoms with Crippen LogP contribution >= 0.6 is 0 Å². The lowest BCUT2D eigenvalue weighted by Crippen LogP contribution is -2.56. The SMILES string of the molecule is CC1CN(c2ccnc(-c3cnc4ccc(C(F)(F)F)cn34)n2)CC(/C(C=N)=C/N)N1. The Labute approximate surface area is 176 Å². The van der Waals surface area contributed by atoms with Crippen molar-refractivity contribution in [1.82, 2.24) is 24.7 Å². The van der Waals surface area contributed by atoms with Crippen LogP contribution in [0.3, 0.4) is 0 Å². The van der Waals surface area contributed by atoms with Gasteiger partial charge in [0.05, 0.1) is 17.8 Å². The van der Waals surface area contributed by atoms with Crippen LogP contribution in [0.1, 0.15) is 12.5 Å². The Morgan fingerprint density at radius 1 is 1.26 bits per heavy atom. The number of hydrogen-bond donors (Lipinski definition) is 3. The first-order chi connectivity index (χ1) is 14.8. The van der Waals surface area contributed by atoms with Crippen molar-refractivity contribution in [3.63, 3.8) is 0 Å². The number of halogens is 3. The lowest BCUT2D eigenvalue weighted by atomic mass is 10.0. The molecule has 4 rings (SSSR count). The monoisotopic (exact) mass is 430 g/mol. The summed E-state index contributed by atoms with van der Waals surface area (Å²) in [5.41, 5.74) is 6.26. The summed E-state index contributed by atoms with van der Waals surface area (Å²) in [7, 11) is 0. The predicted molar refractivity (Wildman–Crippen MR) is 111 cm³/mol. The van der Waals surface area contributed by atoms with Crippen LogP contribution in [0.2, 0.25) is 0 Å². The van der Waals surface area contributed by atoms with E-state index in [9.17, 15) is 13.2 Å². The summed E-state index contributed by atoms with van der Waals surface area (Å²) in [5, 5.41) is 11.0. The number of rotatable bonds is 4. The fourth-order valence-corrected chi connectivity index (χ4v) is 3.69. The standard InChI is InChI=1S/C20H21F3N8/c1-12-9-30(11-15(28-12)13(6-24)7-25)18-4-5-26-19(29-18)16-8-27-17-3-2-14(10-31(16)17)20(21,22)23/h2-8,10,12,15,24,28H,9,11,25H2,1H3/b13-7+,24-6?. The first-order valence-corrected chi connectivity index (χ1v) is 9.61. The molecule has 1 fully saturated rings. The average Bonchev–Trinajstić information content (AvgIpc) is 3.17. The summed E-state index contributed by atoms with van der Waals surface area (Å²) >= 11 is 0. The zero-order valence-electron chi connectivity index (χ0n) is 16.6. The number of fused-ring (bicyclic) bond motifs is 1. The van der Waals surface area contributed by atoms with Crippen LogP contribution in [-0.4, -0.2) is 50.7 Å². The number of nitrogens with zero attached hydrogens (tertiary/aromatic N) is 5. The van der Waals surface area contributed by atoms with Crippen LogP contribution in [0.5, 0.6) is 0 Å². The third kappa shape index (κ3) is 4.08. The van der Waals surface area contributed by atoms with E-state index in [1.807, 2.05) is 11.8 Å². The topological polar surface area (TPSA) is 108 Å². The van der Waals surface area contributed by atoms with Gasteiger partial charge in [-0.1, -0.05) is 0 Å². The van der Waals surface area contributed by atoms with E-state index in [0.717, 1.165) is 12.3 Å². The number of nitrogens with one attached hydrogen (secondary N) is 2. The van der Waals surface area contributed by atoms with E-state index in [0.29, 0.717) is 35.8 Å². The number of alkyl halides is 3. The van der Waals surface area contributed by atoms with Gasteiger partial charge in [-0.25, -0.2) is 15.0 Å². The Morgan fingerprint density at radius 3 is 2.77 bits per heavy atom. The molecule has 4 N–H and O–H groups in total. The van der Waals surface area contributed by atoms with Crippen LogP contribution in [0.15, 0.2) is 48.6 Å². The first-order valence-electron chi connectivity index (χ1n) is 9.61. The van der Waals surface area contributed by atoms with Gasteiger partial charge >= 0.3 is 6.18 Å². The molecule has 3 aromatic heterocycles. The van der Waals surface area contributed by atoms with Gasteiger partial charge in [-0.15, -0.1) is 0 Å². The maximum Gasteiger partial charge on any atom is 0.417 e. The van der Waals surface area contributed by atoms with E-state index >= 15 is 0 Å². The maximum atomic E-state index is 13.2. The third-order valence-electron chi connectivity index (χ3n) is 5.17. The molecule has 1 aliphatic heterocycles. The Morgan fingerprint density at radius 2 is 2.06 bits per heavy atom. The molecule has 2 atom stereocenters. The molecule has 31 heavy (non-hydrogen) atoms. The van der Waals surface area contributed by atoms with Crippen molar-refractivity contribution in [2.75, 3.05) is 18.0 Å². The number of anilines is 1. The van der Waals surface area contributed by atoms with Crippen molar-refractivity contribution in [2.24, 2.45) is 5.73 Å². The normalized spacial score (nSPS) is 20.3. The number of imidazole rings is 1. The first kappa shape index (κ1) is 20.8. The Bertz CT molecular complexity index is 1140. The number of aromatic nitrogens is 4. The number of pyridine rings is 1. The zero-order chi connectivity index (χ0) is 22.2. The fraction of sp³-hybridized carbons (Fsp3) is 0.300. The maximum absolute atomic E-state index is 13.2. The van der Waals surface area contributed by atoms with Crippen LogP contribution in [-0.2, 0) is 6.18 Å². The van der Waals surface area contributed by atoms with Gasteiger partial charge in [0.1, 0.15) is 17.2 Å². The lowest BCUT2D eigenvalue weighted by molar-refractivity contribution is -0.137. The molecule has 11 heteroatoms. The van der Waals surface area contributed by atoms with Gasteiger partial charge in [0, 0.05) is 49.5 Å². The van der Waals surface area contributed by atoms with Crippen LogP contribution in [0.4, 0.5) is 19.0 Å². The van der Waals surface area contributed by atoms with Crippen molar-refractivity contribution >= 4 is 17.7 Å². The van der Waals surface area contributed by atoms with Crippen LogP contribution in [0, 0.1) is 5.41 Å². The minimum atomic E-state index is -4.46. The van der Waals surface area contributed by atoms with Crippen LogP contribution < -0.4 is 16.0 Å². The van der Waals surface area contributed by atoms with E-state index in [1.54, 1.807) is 12.3 Å². The van der Waals surface area contributed by atoms with Gasteiger partial charge in [0.2, 0.25) is 0 Å². The van der Waals surface area contributed by atoms with Gasteiger partial charge in [0.15, 0.2) is 5.82 Å². The van der Waals surface area contributed by atoms with E-state index in [2.05, 4.69) is 20.3 Å². The molecular weight excluding hydrogens is 409 g/mol. The largest absolute Gasteiger partial charge is 0.417 e. The minimum Gasteiger partial charge on any atom is -0.404 e. The number of hydrogen-bond acceptors (Lipinski definition) is 7. The Kier molecular flexibility index (Phi) is 5.36. The molecule has 0 radical (unpaired) electrons. The molecule has 0 aliphatic carbocycles. The second-order valence-electron chi connectivity index (χ2n) is 7.36. The molecule has 0 spiro atoms. The molecule has 162 valence electrons. The van der Waals surface area contributed by atoms with Gasteiger partial charge in [-0.05, 0) is 25.1 Å². The van der Waals surface area contributed by atoms with E-state index in [1.165, 1.54) is 29.1 Å². The minimum absolute atomic E-state index is 0.109. The summed E-state index contributed by atoms with van der Waals surface area (Å²) < 4.78 is 40.8. The average molecular weight is 430 g/mol. The highest BCUT2D eigenvalue weighted by atomic mass is 19.4. The molecule has 0 aromatic carbocycles. The van der Waals surface area contributed by atoms with E-state index in [-0.39, 0.29) is 17.9 Å². The molecule has 3 aromatic rings. The molecule has 8 nitrogen and oxygen atoms in total. The summed E-state index contributed by atoms with van der Waals surface area (Å²) in [4.78, 5) is 15.1. The summed E-state index contributed by atoms with van der Waals surface area (Å²) in [6.07, 6.45) is 2.19. The summed E-state index contributed by atoms with van der Waals surface area (Å²) in [6.45, 7) is 3.21. The van der Waals surface area contributed by atoms with E-state index < -0.39 is 11.7 Å². The quantitative estimate of drug-likeness (QED) is 0.549. The molecular formula is C20H21F3N8. The molecule has 0 amide bonds. The highest BCUT2D eigenvalue weighted by molar-refractivity contribution is 5.77. The molecule has 1 saturated heterocycles. The van der Waals surface area contributed by atoms with Crippen molar-refractivity contribution in [3.8, 4) is 11.5 Å². The molecule has 0 bridgehead atoms. The zero-order valence-corrected chi connectivity index (χ0v) is 16.6. The summed E-state index contributed by atoms with van der Waals surface area (Å²) in [5.74, 6) is 0.903. The van der Waals surface area contributed by atoms with E-state index in [4.69, 9.17) is 11.1 Å². The summed E-state index contributed by atoms with van der Waals surface area (Å²) in [6, 6.07) is 4.03. The van der Waals surface area contributed by atoms with Crippen molar-refractivity contribution in [1.29, 1.82) is 5.41 Å². The molecule has 1 aliphatic rings. The van der Waals surface area contributed by atoms with Gasteiger partial charge in [0.25, 0.3) is 0 Å². The fourth-order valence-electron chi connectivity index (χ4n) is 3.69.